The predicted molar refractivity (Wildman–Crippen MR) is 157 cm³/mol. The summed E-state index contributed by atoms with van der Waals surface area (Å²) in [5.41, 5.74) is 3.66. The van der Waals surface area contributed by atoms with Gasteiger partial charge in [0, 0.05) is 29.5 Å². The molecular formula is C32H37F2N3O5. The van der Waals surface area contributed by atoms with Crippen molar-refractivity contribution in [2.45, 2.75) is 65.3 Å². The Labute approximate surface area is 244 Å². The Balaban J connectivity index is 1.89. The molecule has 0 bridgehead atoms. The minimum absolute atomic E-state index is 0.164. The number of halogens is 2. The molecule has 0 fully saturated rings. The lowest BCUT2D eigenvalue weighted by molar-refractivity contribution is -0.0464. The van der Waals surface area contributed by atoms with Gasteiger partial charge in [0.15, 0.2) is 18.3 Å². The van der Waals surface area contributed by atoms with Gasteiger partial charge in [0.05, 0.1) is 12.9 Å². The number of rotatable bonds is 13. The van der Waals surface area contributed by atoms with E-state index < -0.39 is 12.5 Å². The van der Waals surface area contributed by atoms with E-state index in [9.17, 15) is 24.1 Å². The smallest absolute Gasteiger partial charge is 0.163 e. The van der Waals surface area contributed by atoms with Gasteiger partial charge < -0.3 is 24.6 Å². The Morgan fingerprint density at radius 2 is 1.93 bits per heavy atom. The minimum atomic E-state index is -1.41. The summed E-state index contributed by atoms with van der Waals surface area (Å²) in [5.74, 6) is 0.682. The van der Waals surface area contributed by atoms with Crippen molar-refractivity contribution in [3.63, 3.8) is 0 Å². The molecule has 3 rings (SSSR count). The summed E-state index contributed by atoms with van der Waals surface area (Å²) >= 11 is 0. The van der Waals surface area contributed by atoms with Gasteiger partial charge in [0.25, 0.3) is 0 Å². The number of hydrogen-bond donors (Lipinski definition) is 3. The number of unbranched alkanes of at least 4 members (excludes halogenated alkanes) is 1. The Morgan fingerprint density at radius 1 is 1.17 bits per heavy atom. The number of aliphatic hydroxyl groups excluding tert-OH is 2. The van der Waals surface area contributed by atoms with Gasteiger partial charge >= 0.3 is 0 Å². The van der Waals surface area contributed by atoms with Crippen molar-refractivity contribution < 1.29 is 33.4 Å². The third-order valence-electron chi connectivity index (χ3n) is 6.35. The standard InChI is InChI=1S/C32H37F2N3O5/c1-4-27(8-7-17-33)37-30(9-5-6-10-31(38)39)35-23(3)18-25(14-11-22(2)32(37)40)29-19-28(42-36-29)21-41-20-24-12-15-26(34)16-13-24/h4,7-8,11-19,31-32,38-40H,1,5-6,9-10,20-21H2,2-3H3/b17-7+,22-11+,23-18+,25-14+,27-8+,35-30?. The average Bonchev–Trinajstić information content (AvgIpc) is 3.44. The van der Waals surface area contributed by atoms with E-state index in [1.54, 1.807) is 49.1 Å². The Kier molecular flexibility index (Phi) is 12.8. The van der Waals surface area contributed by atoms with Crippen LogP contribution in [0, 0.1) is 5.82 Å². The zero-order chi connectivity index (χ0) is 30.5. The highest BCUT2D eigenvalue weighted by Crippen LogP contribution is 2.25. The highest BCUT2D eigenvalue weighted by molar-refractivity contribution is 5.86. The Bertz CT molecular complexity index is 1370. The number of allylic oxidation sites excluding steroid dienone is 8. The summed E-state index contributed by atoms with van der Waals surface area (Å²) in [6.07, 6.45) is 9.08. The van der Waals surface area contributed by atoms with E-state index in [0.717, 1.165) is 5.56 Å². The second kappa shape index (κ2) is 16.5. The maximum absolute atomic E-state index is 13.1. The highest BCUT2D eigenvalue weighted by atomic mass is 19.1. The van der Waals surface area contributed by atoms with Gasteiger partial charge in [-0.15, -0.1) is 0 Å². The van der Waals surface area contributed by atoms with Crippen molar-refractivity contribution in [2.75, 3.05) is 0 Å². The van der Waals surface area contributed by atoms with Gasteiger partial charge in [-0.3, -0.25) is 4.90 Å². The van der Waals surface area contributed by atoms with Gasteiger partial charge in [0.2, 0.25) is 0 Å². The zero-order valence-electron chi connectivity index (χ0n) is 23.8. The molecule has 1 atom stereocenters. The molecule has 1 aliphatic heterocycles. The van der Waals surface area contributed by atoms with Crippen LogP contribution in [0.1, 0.15) is 56.5 Å². The number of benzene rings is 1. The molecule has 0 aliphatic carbocycles. The molecule has 42 heavy (non-hydrogen) atoms. The molecule has 0 amide bonds. The van der Waals surface area contributed by atoms with E-state index in [-0.39, 0.29) is 25.5 Å². The van der Waals surface area contributed by atoms with Crippen molar-refractivity contribution in [2.24, 2.45) is 4.99 Å². The van der Waals surface area contributed by atoms with E-state index in [1.807, 2.05) is 6.08 Å². The van der Waals surface area contributed by atoms with Gasteiger partial charge in [0.1, 0.15) is 24.0 Å². The van der Waals surface area contributed by atoms with Crippen LogP contribution in [0.5, 0.6) is 0 Å². The molecule has 0 radical (unpaired) electrons. The van der Waals surface area contributed by atoms with Crippen LogP contribution < -0.4 is 0 Å². The molecule has 224 valence electrons. The molecule has 1 aromatic heterocycles. The first-order chi connectivity index (χ1) is 20.2. The molecule has 0 saturated carbocycles. The number of ether oxygens (including phenoxy) is 1. The zero-order valence-corrected chi connectivity index (χ0v) is 23.8. The monoisotopic (exact) mass is 581 g/mol. The van der Waals surface area contributed by atoms with Crippen LogP contribution in [-0.4, -0.2) is 43.7 Å². The summed E-state index contributed by atoms with van der Waals surface area (Å²) in [6.45, 7) is 7.83. The summed E-state index contributed by atoms with van der Waals surface area (Å²) in [7, 11) is 0. The molecule has 0 saturated heterocycles. The number of aliphatic imine (C=N–C) groups is 1. The molecule has 3 N–H and O–H groups in total. The predicted octanol–water partition coefficient (Wildman–Crippen LogP) is 6.22. The Morgan fingerprint density at radius 3 is 2.62 bits per heavy atom. The van der Waals surface area contributed by atoms with Crippen LogP contribution in [-0.2, 0) is 18.0 Å². The van der Waals surface area contributed by atoms with Gasteiger partial charge in [-0.1, -0.05) is 36.0 Å². The summed E-state index contributed by atoms with van der Waals surface area (Å²) in [6, 6.07) is 7.81. The molecule has 1 aromatic carbocycles. The maximum Gasteiger partial charge on any atom is 0.163 e. The number of hydrogen-bond acceptors (Lipinski definition) is 8. The largest absolute Gasteiger partial charge is 0.369 e. The van der Waals surface area contributed by atoms with Crippen molar-refractivity contribution >= 4 is 11.4 Å². The number of amidine groups is 1. The fraction of sp³-hybridized carbons (Fsp3) is 0.312. The van der Waals surface area contributed by atoms with E-state index in [1.165, 1.54) is 30.4 Å². The lowest BCUT2D eigenvalue weighted by atomic mass is 10.1. The highest BCUT2D eigenvalue weighted by Gasteiger charge is 2.24. The first-order valence-electron chi connectivity index (χ1n) is 13.6. The SMILES string of the molecule is C=C/C(=C\C=C\F)N1C(CCCCC(O)O)=N/C(C)=C/C(c2cc(COCc3ccc(F)cc3)on2)=C\C=C(/C)C1O. The number of aromatic nitrogens is 1. The number of nitrogens with zero attached hydrogens (tertiary/aromatic N) is 3. The van der Waals surface area contributed by atoms with Crippen LogP contribution in [0.2, 0.25) is 0 Å². The van der Waals surface area contributed by atoms with Gasteiger partial charge in [-0.2, -0.15) is 0 Å². The van der Waals surface area contributed by atoms with Crippen molar-refractivity contribution in [1.29, 1.82) is 0 Å². The van der Waals surface area contributed by atoms with Gasteiger partial charge in [-0.25, -0.2) is 13.8 Å². The molecule has 2 heterocycles. The quantitative estimate of drug-likeness (QED) is 0.146. The molecule has 10 heteroatoms. The van der Waals surface area contributed by atoms with Crippen LogP contribution in [0.4, 0.5) is 8.78 Å². The normalized spacial score (nSPS) is 20.5. The van der Waals surface area contributed by atoms with Crippen LogP contribution in [0.15, 0.2) is 106 Å². The minimum Gasteiger partial charge on any atom is -0.369 e. The fourth-order valence-electron chi connectivity index (χ4n) is 4.20. The van der Waals surface area contributed by atoms with Gasteiger partial charge in [-0.05, 0) is 80.7 Å². The van der Waals surface area contributed by atoms with Crippen LogP contribution in [0.25, 0.3) is 5.57 Å². The van der Waals surface area contributed by atoms with E-state index >= 15 is 0 Å². The molecular weight excluding hydrogens is 544 g/mol. The lowest BCUT2D eigenvalue weighted by Gasteiger charge is -2.33. The molecule has 1 unspecified atom stereocenters. The first kappa shape index (κ1) is 32.6. The number of aliphatic hydroxyl groups is 3. The third-order valence-corrected chi connectivity index (χ3v) is 6.35. The van der Waals surface area contributed by atoms with Crippen LogP contribution in [0.3, 0.4) is 0 Å². The van der Waals surface area contributed by atoms with Crippen molar-refractivity contribution in [3.05, 3.63) is 119 Å². The molecule has 0 spiro atoms. The summed E-state index contributed by atoms with van der Waals surface area (Å²) in [5, 5.41) is 34.1. The van der Waals surface area contributed by atoms with Crippen molar-refractivity contribution in [1.82, 2.24) is 10.1 Å². The summed E-state index contributed by atoms with van der Waals surface area (Å²) in [4.78, 5) is 6.38. The fourth-order valence-corrected chi connectivity index (χ4v) is 4.20. The van der Waals surface area contributed by atoms with E-state index in [0.29, 0.717) is 65.4 Å². The van der Waals surface area contributed by atoms with Crippen molar-refractivity contribution in [3.8, 4) is 0 Å². The summed E-state index contributed by atoms with van der Waals surface area (Å²) < 4.78 is 37.2. The van der Waals surface area contributed by atoms with E-state index in [2.05, 4.69) is 11.7 Å². The molecule has 1 aliphatic rings. The second-order valence-electron chi connectivity index (χ2n) is 9.73. The second-order valence-corrected chi connectivity index (χ2v) is 9.73. The lowest BCUT2D eigenvalue weighted by Crippen LogP contribution is -2.40. The molecule has 8 nitrogen and oxygen atoms in total. The molecule has 2 aromatic rings. The topological polar surface area (TPSA) is 112 Å². The Hall–Kier alpha value is -3.96. The third kappa shape index (κ3) is 9.85. The van der Waals surface area contributed by atoms with E-state index in [4.69, 9.17) is 14.3 Å². The first-order valence-corrected chi connectivity index (χ1v) is 13.6. The maximum atomic E-state index is 13.1. The average molecular weight is 582 g/mol. The van der Waals surface area contributed by atoms with Crippen LogP contribution >= 0.6 is 0 Å².